The molecule has 0 bridgehead atoms. The third-order valence-electron chi connectivity index (χ3n) is 3.52. The quantitative estimate of drug-likeness (QED) is 0.336. The van der Waals surface area contributed by atoms with Crippen LogP contribution in [0.2, 0.25) is 0 Å². The number of alkyl halides is 3. The molecule has 1 heterocycles. The summed E-state index contributed by atoms with van der Waals surface area (Å²) in [5.41, 5.74) is 4.61. The number of hydrogen-bond acceptors (Lipinski definition) is 4. The molecular weight excluding hydrogens is 287 g/mol. The van der Waals surface area contributed by atoms with Gasteiger partial charge in [0.05, 0.1) is 11.7 Å². The number of rotatable bonds is 2. The van der Waals surface area contributed by atoms with E-state index in [1.165, 1.54) is 12.1 Å². The van der Waals surface area contributed by atoms with Gasteiger partial charge in [0.25, 0.3) is 0 Å². The fourth-order valence-electron chi connectivity index (χ4n) is 2.37. The fraction of sp³-hybridized carbons (Fsp3) is 0.462. The molecule has 4 N–H and O–H groups in total. The average molecular weight is 303 g/mol. The van der Waals surface area contributed by atoms with Crippen LogP contribution in [0, 0.1) is 0 Å². The standard InChI is InChI=1S/C13H16F3N3O2/c14-13(15,16)11-2-1-8(7-10(11)12(17)18-21)19-5-3-9(20)4-6-19/h1-2,7,9,20-21H,3-6H2,(H2,17,18). The number of nitrogens with zero attached hydrogens (tertiary/aromatic N) is 2. The van der Waals surface area contributed by atoms with Crippen molar-refractivity contribution in [3.63, 3.8) is 0 Å². The minimum absolute atomic E-state index is 0.353. The van der Waals surface area contributed by atoms with Crippen LogP contribution >= 0.6 is 0 Å². The minimum atomic E-state index is -4.58. The summed E-state index contributed by atoms with van der Waals surface area (Å²) in [7, 11) is 0. The second-order valence-corrected chi connectivity index (χ2v) is 4.93. The molecule has 0 aliphatic carbocycles. The number of hydrogen-bond donors (Lipinski definition) is 3. The Morgan fingerprint density at radius 1 is 1.29 bits per heavy atom. The molecule has 1 aromatic carbocycles. The normalized spacial score (nSPS) is 18.1. The molecule has 1 aromatic rings. The molecule has 0 atom stereocenters. The third-order valence-corrected chi connectivity index (χ3v) is 3.52. The van der Waals surface area contributed by atoms with Gasteiger partial charge in [-0.25, -0.2) is 0 Å². The lowest BCUT2D eigenvalue weighted by Gasteiger charge is -2.32. The van der Waals surface area contributed by atoms with Gasteiger partial charge in [-0.1, -0.05) is 5.16 Å². The van der Waals surface area contributed by atoms with Crippen molar-refractivity contribution in [1.82, 2.24) is 0 Å². The summed E-state index contributed by atoms with van der Waals surface area (Å²) in [5.74, 6) is -0.582. The molecule has 8 heteroatoms. The van der Waals surface area contributed by atoms with E-state index in [2.05, 4.69) is 5.16 Å². The molecule has 0 saturated carbocycles. The van der Waals surface area contributed by atoms with Crippen LogP contribution in [0.3, 0.4) is 0 Å². The van der Waals surface area contributed by atoms with Crippen LogP contribution in [0.15, 0.2) is 23.4 Å². The first-order valence-electron chi connectivity index (χ1n) is 6.45. The maximum absolute atomic E-state index is 12.9. The van der Waals surface area contributed by atoms with Gasteiger partial charge in [0, 0.05) is 24.3 Å². The lowest BCUT2D eigenvalue weighted by molar-refractivity contribution is -0.137. The number of halogens is 3. The molecule has 0 amide bonds. The Bertz CT molecular complexity index is 538. The molecule has 21 heavy (non-hydrogen) atoms. The topological polar surface area (TPSA) is 82.1 Å². The van der Waals surface area contributed by atoms with E-state index in [1.807, 2.05) is 4.90 Å². The molecule has 0 aromatic heterocycles. The molecule has 1 aliphatic heterocycles. The second kappa shape index (κ2) is 5.80. The van der Waals surface area contributed by atoms with E-state index in [-0.39, 0.29) is 11.7 Å². The maximum atomic E-state index is 12.9. The van der Waals surface area contributed by atoms with Crippen molar-refractivity contribution >= 4 is 11.5 Å². The Balaban J connectivity index is 2.38. The smallest absolute Gasteiger partial charge is 0.409 e. The van der Waals surface area contributed by atoms with Crippen molar-refractivity contribution in [2.75, 3.05) is 18.0 Å². The van der Waals surface area contributed by atoms with E-state index in [9.17, 15) is 18.3 Å². The monoisotopic (exact) mass is 303 g/mol. The van der Waals surface area contributed by atoms with Gasteiger partial charge in [0.2, 0.25) is 0 Å². The molecule has 0 radical (unpaired) electrons. The predicted molar refractivity (Wildman–Crippen MR) is 71.4 cm³/mol. The van der Waals surface area contributed by atoms with E-state index < -0.39 is 17.6 Å². The van der Waals surface area contributed by atoms with Crippen LogP contribution < -0.4 is 10.6 Å². The summed E-state index contributed by atoms with van der Waals surface area (Å²) in [5, 5.41) is 20.8. The van der Waals surface area contributed by atoms with E-state index in [0.717, 1.165) is 6.07 Å². The molecule has 1 saturated heterocycles. The molecule has 0 spiro atoms. The van der Waals surface area contributed by atoms with Gasteiger partial charge in [-0.2, -0.15) is 13.2 Å². The lowest BCUT2D eigenvalue weighted by Crippen LogP contribution is -2.36. The van der Waals surface area contributed by atoms with Crippen molar-refractivity contribution in [1.29, 1.82) is 0 Å². The lowest BCUT2D eigenvalue weighted by atomic mass is 10.0. The summed E-state index contributed by atoms with van der Waals surface area (Å²) < 4.78 is 38.8. The van der Waals surface area contributed by atoms with E-state index >= 15 is 0 Å². The summed E-state index contributed by atoms with van der Waals surface area (Å²) in [6.07, 6.45) is -3.85. The van der Waals surface area contributed by atoms with Gasteiger partial charge >= 0.3 is 6.18 Å². The first-order chi connectivity index (χ1) is 9.82. The van der Waals surface area contributed by atoms with E-state index in [1.54, 1.807) is 0 Å². The molecule has 0 unspecified atom stereocenters. The zero-order valence-corrected chi connectivity index (χ0v) is 11.1. The van der Waals surface area contributed by atoms with Gasteiger partial charge in [-0.3, -0.25) is 0 Å². The number of amidine groups is 1. The number of aliphatic hydroxyl groups is 1. The highest BCUT2D eigenvalue weighted by molar-refractivity contribution is 5.99. The molecular formula is C13H16F3N3O2. The predicted octanol–water partition coefficient (Wildman–Crippen LogP) is 1.76. The maximum Gasteiger partial charge on any atom is 0.417 e. The van der Waals surface area contributed by atoms with Crippen molar-refractivity contribution in [3.8, 4) is 0 Å². The van der Waals surface area contributed by atoms with Crippen LogP contribution in [0.25, 0.3) is 0 Å². The van der Waals surface area contributed by atoms with E-state index in [0.29, 0.717) is 31.6 Å². The van der Waals surface area contributed by atoms with Crippen LogP contribution in [-0.4, -0.2) is 35.3 Å². The van der Waals surface area contributed by atoms with Crippen molar-refractivity contribution < 1.29 is 23.5 Å². The molecule has 5 nitrogen and oxygen atoms in total. The van der Waals surface area contributed by atoms with Crippen LogP contribution in [0.5, 0.6) is 0 Å². The number of aliphatic hydroxyl groups excluding tert-OH is 1. The second-order valence-electron chi connectivity index (χ2n) is 4.93. The number of nitrogens with two attached hydrogens (primary N) is 1. The average Bonchev–Trinajstić information content (AvgIpc) is 2.45. The van der Waals surface area contributed by atoms with Crippen molar-refractivity contribution in [3.05, 3.63) is 29.3 Å². The number of piperidine rings is 1. The first-order valence-corrected chi connectivity index (χ1v) is 6.45. The van der Waals surface area contributed by atoms with Gasteiger partial charge in [0.15, 0.2) is 5.84 Å². The van der Waals surface area contributed by atoms with Crippen LogP contribution in [0.4, 0.5) is 18.9 Å². The summed E-state index contributed by atoms with van der Waals surface area (Å²) in [6.45, 7) is 1.09. The molecule has 1 fully saturated rings. The Morgan fingerprint density at radius 2 is 1.90 bits per heavy atom. The number of anilines is 1. The van der Waals surface area contributed by atoms with Gasteiger partial charge in [0.1, 0.15) is 0 Å². The summed E-state index contributed by atoms with van der Waals surface area (Å²) >= 11 is 0. The van der Waals surface area contributed by atoms with Crippen LogP contribution in [-0.2, 0) is 6.18 Å². The van der Waals surface area contributed by atoms with Gasteiger partial charge in [-0.15, -0.1) is 0 Å². The van der Waals surface area contributed by atoms with Gasteiger partial charge in [-0.05, 0) is 31.0 Å². The minimum Gasteiger partial charge on any atom is -0.409 e. The zero-order valence-electron chi connectivity index (χ0n) is 11.1. The van der Waals surface area contributed by atoms with E-state index in [4.69, 9.17) is 10.9 Å². The Hall–Kier alpha value is -1.96. The first kappa shape index (κ1) is 15.4. The Kier molecular flexibility index (Phi) is 4.26. The third kappa shape index (κ3) is 3.38. The number of oxime groups is 1. The summed E-state index contributed by atoms with van der Waals surface area (Å²) in [4.78, 5) is 1.86. The zero-order chi connectivity index (χ0) is 15.6. The Labute approximate surface area is 119 Å². The molecule has 116 valence electrons. The highest BCUT2D eigenvalue weighted by Gasteiger charge is 2.35. The largest absolute Gasteiger partial charge is 0.417 e. The highest BCUT2D eigenvalue weighted by Crippen LogP contribution is 2.34. The summed E-state index contributed by atoms with van der Waals surface area (Å²) in [6, 6.07) is 3.54. The van der Waals surface area contributed by atoms with Gasteiger partial charge < -0.3 is 20.9 Å². The molecule has 2 rings (SSSR count). The number of benzene rings is 1. The van der Waals surface area contributed by atoms with Crippen molar-refractivity contribution in [2.24, 2.45) is 10.9 Å². The van der Waals surface area contributed by atoms with Crippen LogP contribution in [0.1, 0.15) is 24.0 Å². The Morgan fingerprint density at radius 3 is 2.43 bits per heavy atom. The fourth-order valence-corrected chi connectivity index (χ4v) is 2.37. The SMILES string of the molecule is N/C(=N/O)c1cc(N2CCC(O)CC2)ccc1C(F)(F)F. The molecule has 1 aliphatic rings. The highest BCUT2D eigenvalue weighted by atomic mass is 19.4. The van der Waals surface area contributed by atoms with Crippen molar-refractivity contribution in [2.45, 2.75) is 25.1 Å².